The second-order valence-electron chi connectivity index (χ2n) is 4.46. The molecule has 0 aliphatic carbocycles. The van der Waals surface area contributed by atoms with Crippen molar-refractivity contribution in [2.75, 3.05) is 18.0 Å². The molecular weight excluding hydrogens is 242 g/mol. The van der Waals surface area contributed by atoms with Crippen molar-refractivity contribution in [1.29, 1.82) is 0 Å². The molecular formula is C11H14ClN3O2. The Morgan fingerprint density at radius 1 is 1.59 bits per heavy atom. The van der Waals surface area contributed by atoms with E-state index < -0.39 is 4.92 Å². The zero-order chi connectivity index (χ0) is 12.4. The lowest BCUT2D eigenvalue weighted by atomic mass is 10.0. The number of anilines is 1. The average molecular weight is 256 g/mol. The molecule has 0 spiro atoms. The molecule has 0 amide bonds. The van der Waals surface area contributed by atoms with E-state index in [-0.39, 0.29) is 10.8 Å². The van der Waals surface area contributed by atoms with Crippen LogP contribution in [0.4, 0.5) is 11.5 Å². The van der Waals surface area contributed by atoms with E-state index >= 15 is 0 Å². The van der Waals surface area contributed by atoms with Gasteiger partial charge in [0.2, 0.25) is 0 Å². The van der Waals surface area contributed by atoms with Gasteiger partial charge in [-0.25, -0.2) is 4.98 Å². The molecule has 0 saturated carbocycles. The largest absolute Gasteiger partial charge is 0.356 e. The number of pyridine rings is 1. The molecule has 6 heteroatoms. The van der Waals surface area contributed by atoms with Gasteiger partial charge in [-0.2, -0.15) is 0 Å². The summed E-state index contributed by atoms with van der Waals surface area (Å²) < 4.78 is 0. The first kappa shape index (κ1) is 12.1. The van der Waals surface area contributed by atoms with Gasteiger partial charge in [-0.05, 0) is 18.8 Å². The number of aromatic nitrogens is 1. The molecule has 1 atom stereocenters. The van der Waals surface area contributed by atoms with E-state index in [1.165, 1.54) is 18.6 Å². The van der Waals surface area contributed by atoms with Crippen molar-refractivity contribution in [2.24, 2.45) is 5.92 Å². The zero-order valence-corrected chi connectivity index (χ0v) is 10.4. The summed E-state index contributed by atoms with van der Waals surface area (Å²) in [4.78, 5) is 16.5. The standard InChI is InChI=1S/C11H14ClN3O2/c1-8-3-2-4-14(7-8)11-6-9(15(16)17)5-10(12)13-11/h5-6,8H,2-4,7H2,1H3. The molecule has 1 unspecified atom stereocenters. The van der Waals surface area contributed by atoms with Crippen LogP contribution in [0.3, 0.4) is 0 Å². The van der Waals surface area contributed by atoms with Crippen molar-refractivity contribution in [3.8, 4) is 0 Å². The first-order valence-corrected chi connectivity index (χ1v) is 6.01. The molecule has 17 heavy (non-hydrogen) atoms. The summed E-state index contributed by atoms with van der Waals surface area (Å²) in [6, 6.07) is 2.77. The maximum absolute atomic E-state index is 10.8. The Labute approximate surface area is 105 Å². The van der Waals surface area contributed by atoms with Crippen molar-refractivity contribution >= 4 is 23.1 Å². The summed E-state index contributed by atoms with van der Waals surface area (Å²) in [6.07, 6.45) is 2.28. The predicted octanol–water partition coefficient (Wildman–Crippen LogP) is 2.88. The number of nitro groups is 1. The maximum atomic E-state index is 10.8. The van der Waals surface area contributed by atoms with Crippen molar-refractivity contribution in [3.63, 3.8) is 0 Å². The zero-order valence-electron chi connectivity index (χ0n) is 9.60. The summed E-state index contributed by atoms with van der Waals surface area (Å²) in [5.41, 5.74) is -0.00164. The Bertz CT molecular complexity index is 439. The highest BCUT2D eigenvalue weighted by atomic mass is 35.5. The molecule has 0 radical (unpaired) electrons. The van der Waals surface area contributed by atoms with Gasteiger partial charge in [-0.1, -0.05) is 18.5 Å². The van der Waals surface area contributed by atoms with E-state index in [9.17, 15) is 10.1 Å². The van der Waals surface area contributed by atoms with Crippen LogP contribution in [0.5, 0.6) is 0 Å². The fourth-order valence-corrected chi connectivity index (χ4v) is 2.33. The van der Waals surface area contributed by atoms with Crippen LogP contribution in [0.15, 0.2) is 12.1 Å². The van der Waals surface area contributed by atoms with E-state index in [1.807, 2.05) is 0 Å². The minimum atomic E-state index is -0.440. The Balaban J connectivity index is 2.28. The molecule has 1 aliphatic heterocycles. The topological polar surface area (TPSA) is 59.3 Å². The fraction of sp³-hybridized carbons (Fsp3) is 0.545. The molecule has 2 heterocycles. The second-order valence-corrected chi connectivity index (χ2v) is 4.84. The van der Waals surface area contributed by atoms with Gasteiger partial charge < -0.3 is 4.90 Å². The normalized spacial score (nSPS) is 20.4. The SMILES string of the molecule is CC1CCCN(c2cc([N+](=O)[O-])cc(Cl)n2)C1. The van der Waals surface area contributed by atoms with Crippen molar-refractivity contribution in [3.05, 3.63) is 27.4 Å². The van der Waals surface area contributed by atoms with Gasteiger partial charge in [-0.15, -0.1) is 0 Å². The first-order valence-electron chi connectivity index (χ1n) is 5.63. The van der Waals surface area contributed by atoms with E-state index in [1.54, 1.807) is 0 Å². The summed E-state index contributed by atoms with van der Waals surface area (Å²) in [7, 11) is 0. The minimum Gasteiger partial charge on any atom is -0.356 e. The molecule has 1 aliphatic rings. The number of rotatable bonds is 2. The lowest BCUT2D eigenvalue weighted by Gasteiger charge is -2.31. The van der Waals surface area contributed by atoms with E-state index in [4.69, 9.17) is 11.6 Å². The third kappa shape index (κ3) is 2.85. The highest BCUT2D eigenvalue weighted by Gasteiger charge is 2.20. The van der Waals surface area contributed by atoms with Crippen LogP contribution in [0.1, 0.15) is 19.8 Å². The minimum absolute atomic E-state index is 0.00164. The third-order valence-electron chi connectivity index (χ3n) is 2.96. The van der Waals surface area contributed by atoms with Gasteiger partial charge >= 0.3 is 0 Å². The average Bonchev–Trinajstić information content (AvgIpc) is 2.28. The molecule has 1 aromatic heterocycles. The van der Waals surface area contributed by atoms with Gasteiger partial charge in [0.25, 0.3) is 5.69 Å². The van der Waals surface area contributed by atoms with E-state index in [0.29, 0.717) is 11.7 Å². The number of nitrogens with zero attached hydrogens (tertiary/aromatic N) is 3. The molecule has 0 aromatic carbocycles. The van der Waals surface area contributed by atoms with E-state index in [0.717, 1.165) is 19.5 Å². The third-order valence-corrected chi connectivity index (χ3v) is 3.15. The molecule has 92 valence electrons. The molecule has 1 fully saturated rings. The van der Waals surface area contributed by atoms with Crippen molar-refractivity contribution in [1.82, 2.24) is 4.98 Å². The smallest absolute Gasteiger partial charge is 0.276 e. The highest BCUT2D eigenvalue weighted by Crippen LogP contribution is 2.26. The Kier molecular flexibility index (Phi) is 3.47. The molecule has 1 saturated heterocycles. The fourth-order valence-electron chi connectivity index (χ4n) is 2.13. The summed E-state index contributed by atoms with van der Waals surface area (Å²) in [5, 5.41) is 10.9. The predicted molar refractivity (Wildman–Crippen MR) is 66.5 cm³/mol. The van der Waals surface area contributed by atoms with Gasteiger partial charge in [0.15, 0.2) is 0 Å². The Morgan fingerprint density at radius 3 is 3.00 bits per heavy atom. The Hall–Kier alpha value is -1.36. The van der Waals surface area contributed by atoms with Crippen LogP contribution in [-0.4, -0.2) is 23.0 Å². The summed E-state index contributed by atoms with van der Waals surface area (Å²) in [5.74, 6) is 1.19. The van der Waals surface area contributed by atoms with Gasteiger partial charge in [0.05, 0.1) is 17.1 Å². The Morgan fingerprint density at radius 2 is 2.35 bits per heavy atom. The number of halogens is 1. The van der Waals surface area contributed by atoms with Crippen LogP contribution < -0.4 is 4.90 Å². The van der Waals surface area contributed by atoms with Gasteiger partial charge in [0, 0.05) is 13.1 Å². The van der Waals surface area contributed by atoms with Gasteiger partial charge in [-0.3, -0.25) is 10.1 Å². The van der Waals surface area contributed by atoms with Crippen molar-refractivity contribution in [2.45, 2.75) is 19.8 Å². The van der Waals surface area contributed by atoms with Crippen LogP contribution >= 0.6 is 11.6 Å². The number of hydrogen-bond acceptors (Lipinski definition) is 4. The lowest BCUT2D eigenvalue weighted by Crippen LogP contribution is -2.34. The van der Waals surface area contributed by atoms with Gasteiger partial charge in [0.1, 0.15) is 11.0 Å². The molecule has 1 aromatic rings. The molecule has 0 bridgehead atoms. The van der Waals surface area contributed by atoms with Crippen LogP contribution in [0, 0.1) is 16.0 Å². The summed E-state index contributed by atoms with van der Waals surface area (Å²) >= 11 is 5.81. The second kappa shape index (κ2) is 4.87. The number of piperidine rings is 1. The van der Waals surface area contributed by atoms with Crippen LogP contribution in [0.2, 0.25) is 5.15 Å². The monoisotopic (exact) mass is 255 g/mol. The molecule has 0 N–H and O–H groups in total. The van der Waals surface area contributed by atoms with Crippen LogP contribution in [0.25, 0.3) is 0 Å². The quantitative estimate of drug-likeness (QED) is 0.463. The van der Waals surface area contributed by atoms with Crippen LogP contribution in [-0.2, 0) is 0 Å². The first-order chi connectivity index (χ1) is 8.06. The van der Waals surface area contributed by atoms with E-state index in [2.05, 4.69) is 16.8 Å². The lowest BCUT2D eigenvalue weighted by molar-refractivity contribution is -0.384. The van der Waals surface area contributed by atoms with Crippen molar-refractivity contribution < 1.29 is 4.92 Å². The number of hydrogen-bond donors (Lipinski definition) is 0. The highest BCUT2D eigenvalue weighted by molar-refractivity contribution is 6.29. The molecule has 2 rings (SSSR count). The summed E-state index contributed by atoms with van der Waals surface area (Å²) in [6.45, 7) is 3.93. The molecule has 5 nitrogen and oxygen atoms in total. The maximum Gasteiger partial charge on any atom is 0.276 e.